The summed E-state index contributed by atoms with van der Waals surface area (Å²) in [5.74, 6) is 1.31. The van der Waals surface area contributed by atoms with Gasteiger partial charge in [-0.3, -0.25) is 5.43 Å². The molecule has 2 aromatic rings. The van der Waals surface area contributed by atoms with Crippen molar-refractivity contribution in [2.24, 2.45) is 5.10 Å². The van der Waals surface area contributed by atoms with Crippen molar-refractivity contribution < 1.29 is 18.6 Å². The minimum Gasteiger partial charge on any atom is -0.493 e. The quantitative estimate of drug-likeness (QED) is 0.504. The second kappa shape index (κ2) is 7.14. The van der Waals surface area contributed by atoms with Gasteiger partial charge in [0.25, 0.3) is 0 Å². The lowest BCUT2D eigenvalue weighted by atomic mass is 10.2. The highest BCUT2D eigenvalue weighted by atomic mass is 32.1. The molecule has 0 aliphatic carbocycles. The predicted molar refractivity (Wildman–Crippen MR) is 92.5 cm³/mol. The molecular weight excluding hydrogens is 333 g/mol. The fraction of sp³-hybridized carbons (Fsp3) is 0.125. The molecule has 1 aliphatic heterocycles. The van der Waals surface area contributed by atoms with Gasteiger partial charge in [0.15, 0.2) is 16.6 Å². The first-order valence-electron chi connectivity index (χ1n) is 6.99. The molecule has 0 bridgehead atoms. The summed E-state index contributed by atoms with van der Waals surface area (Å²) in [5.41, 5.74) is 3.63. The van der Waals surface area contributed by atoms with Gasteiger partial charge in [-0.1, -0.05) is 12.1 Å². The minimum absolute atomic E-state index is 0.154. The molecule has 0 saturated heterocycles. The Hall–Kier alpha value is -2.87. The lowest BCUT2D eigenvalue weighted by Gasteiger charge is -2.08. The van der Waals surface area contributed by atoms with Crippen molar-refractivity contribution in [3.63, 3.8) is 0 Å². The maximum atomic E-state index is 13.5. The van der Waals surface area contributed by atoms with E-state index in [1.165, 1.54) is 6.07 Å². The number of nitrogens with zero attached hydrogens (tertiary/aromatic N) is 1. The van der Waals surface area contributed by atoms with E-state index in [0.29, 0.717) is 17.2 Å². The smallest absolute Gasteiger partial charge is 0.231 e. The number of fused-ring (bicyclic) bond motifs is 1. The molecule has 2 aromatic carbocycles. The largest absolute Gasteiger partial charge is 0.493 e. The van der Waals surface area contributed by atoms with E-state index in [1.807, 2.05) is 0 Å². The van der Waals surface area contributed by atoms with Gasteiger partial charge in [0.05, 0.1) is 19.0 Å². The van der Waals surface area contributed by atoms with E-state index in [-0.39, 0.29) is 17.6 Å². The van der Waals surface area contributed by atoms with Gasteiger partial charge in [-0.25, -0.2) is 4.39 Å². The summed E-state index contributed by atoms with van der Waals surface area (Å²) in [6.45, 7) is 0.154. The fourth-order valence-electron chi connectivity index (χ4n) is 2.10. The van der Waals surface area contributed by atoms with E-state index in [4.69, 9.17) is 26.4 Å². The first-order chi connectivity index (χ1) is 11.7. The number of hydrogen-bond donors (Lipinski definition) is 2. The van der Waals surface area contributed by atoms with E-state index >= 15 is 0 Å². The normalized spacial score (nSPS) is 12.2. The molecule has 0 unspecified atom stereocenters. The summed E-state index contributed by atoms with van der Waals surface area (Å²) in [7, 11) is 1.55. The Labute approximate surface area is 143 Å². The summed E-state index contributed by atoms with van der Waals surface area (Å²) >= 11 is 5.07. The van der Waals surface area contributed by atoms with E-state index < -0.39 is 5.82 Å². The molecule has 0 aromatic heterocycles. The second-order valence-electron chi connectivity index (χ2n) is 4.76. The van der Waals surface area contributed by atoms with Gasteiger partial charge in [-0.2, -0.15) is 5.10 Å². The molecule has 0 fully saturated rings. The fourth-order valence-corrected chi connectivity index (χ4v) is 2.27. The number of rotatable bonds is 4. The van der Waals surface area contributed by atoms with Crippen LogP contribution in [-0.4, -0.2) is 25.2 Å². The molecule has 24 heavy (non-hydrogen) atoms. The molecule has 3 rings (SSSR count). The SMILES string of the molecule is COc1cc(/C=N\NC(=S)Nc2ccccc2F)cc2c1OCO2. The molecule has 124 valence electrons. The molecule has 0 atom stereocenters. The van der Waals surface area contributed by atoms with Crippen molar-refractivity contribution in [1.29, 1.82) is 0 Å². The summed E-state index contributed by atoms with van der Waals surface area (Å²) in [6.07, 6.45) is 1.54. The average molecular weight is 347 g/mol. The standard InChI is InChI=1S/C16H14FN3O3S/c1-21-13-6-10(7-14-15(13)23-9-22-14)8-18-20-16(24)19-12-5-3-2-4-11(12)17/h2-8H,9H2,1H3,(H2,19,20,24)/b18-8-. The van der Waals surface area contributed by atoms with Crippen molar-refractivity contribution in [2.75, 3.05) is 19.2 Å². The van der Waals surface area contributed by atoms with E-state index in [9.17, 15) is 4.39 Å². The highest BCUT2D eigenvalue weighted by Gasteiger charge is 2.19. The van der Waals surface area contributed by atoms with E-state index in [2.05, 4.69) is 15.8 Å². The molecule has 1 aliphatic rings. The van der Waals surface area contributed by atoms with Crippen molar-refractivity contribution in [1.82, 2.24) is 5.43 Å². The second-order valence-corrected chi connectivity index (χ2v) is 5.17. The molecule has 0 saturated carbocycles. The number of hydrazone groups is 1. The third-order valence-electron chi connectivity index (χ3n) is 3.18. The number of nitrogens with one attached hydrogen (secondary N) is 2. The molecule has 0 radical (unpaired) electrons. The molecule has 2 N–H and O–H groups in total. The lowest BCUT2D eigenvalue weighted by molar-refractivity contribution is 0.171. The van der Waals surface area contributed by atoms with Gasteiger partial charge in [0.1, 0.15) is 5.82 Å². The van der Waals surface area contributed by atoms with Crippen LogP contribution in [0.3, 0.4) is 0 Å². The molecule has 0 amide bonds. The van der Waals surface area contributed by atoms with Crippen molar-refractivity contribution in [3.05, 3.63) is 47.8 Å². The van der Waals surface area contributed by atoms with Gasteiger partial charge >= 0.3 is 0 Å². The Morgan fingerprint density at radius 2 is 2.17 bits per heavy atom. The Kier molecular flexibility index (Phi) is 4.76. The maximum absolute atomic E-state index is 13.5. The number of para-hydroxylation sites is 1. The van der Waals surface area contributed by atoms with Gasteiger partial charge in [-0.15, -0.1) is 0 Å². The summed E-state index contributed by atoms with van der Waals surface area (Å²) < 4.78 is 29.4. The Balaban J connectivity index is 1.64. The van der Waals surface area contributed by atoms with Crippen LogP contribution >= 0.6 is 12.2 Å². The van der Waals surface area contributed by atoms with Gasteiger partial charge in [0, 0.05) is 5.56 Å². The lowest BCUT2D eigenvalue weighted by Crippen LogP contribution is -2.24. The van der Waals surface area contributed by atoms with Crippen LogP contribution in [0, 0.1) is 5.82 Å². The number of thiocarbonyl (C=S) groups is 1. The zero-order chi connectivity index (χ0) is 16.9. The third-order valence-corrected chi connectivity index (χ3v) is 3.38. The van der Waals surface area contributed by atoms with Crippen LogP contribution < -0.4 is 25.0 Å². The summed E-state index contributed by atoms with van der Waals surface area (Å²) in [5, 5.41) is 6.91. The summed E-state index contributed by atoms with van der Waals surface area (Å²) in [6, 6.07) is 9.75. The van der Waals surface area contributed by atoms with Crippen LogP contribution in [0.4, 0.5) is 10.1 Å². The van der Waals surface area contributed by atoms with Crippen LogP contribution in [0.1, 0.15) is 5.56 Å². The first-order valence-corrected chi connectivity index (χ1v) is 7.40. The Morgan fingerprint density at radius 1 is 1.33 bits per heavy atom. The van der Waals surface area contributed by atoms with Gasteiger partial charge < -0.3 is 19.5 Å². The Morgan fingerprint density at radius 3 is 2.96 bits per heavy atom. The molecule has 0 spiro atoms. The number of methoxy groups -OCH3 is 1. The number of benzene rings is 2. The van der Waals surface area contributed by atoms with Crippen LogP contribution in [-0.2, 0) is 0 Å². The minimum atomic E-state index is -0.397. The Bertz CT molecular complexity index is 798. The monoisotopic (exact) mass is 347 g/mol. The van der Waals surface area contributed by atoms with Crippen molar-refractivity contribution in [3.8, 4) is 17.2 Å². The van der Waals surface area contributed by atoms with Gasteiger partial charge in [-0.05, 0) is 36.5 Å². The zero-order valence-electron chi connectivity index (χ0n) is 12.7. The van der Waals surface area contributed by atoms with Crippen LogP contribution in [0.2, 0.25) is 0 Å². The van der Waals surface area contributed by atoms with Crippen molar-refractivity contribution in [2.45, 2.75) is 0 Å². The third kappa shape index (κ3) is 3.54. The number of ether oxygens (including phenoxy) is 3. The molecular formula is C16H14FN3O3S. The van der Waals surface area contributed by atoms with Crippen molar-refractivity contribution >= 4 is 29.2 Å². The predicted octanol–water partition coefficient (Wildman–Crippen LogP) is 2.88. The highest BCUT2D eigenvalue weighted by molar-refractivity contribution is 7.80. The highest BCUT2D eigenvalue weighted by Crippen LogP contribution is 2.41. The number of hydrogen-bond acceptors (Lipinski definition) is 5. The van der Waals surface area contributed by atoms with Crippen LogP contribution in [0.5, 0.6) is 17.2 Å². The zero-order valence-corrected chi connectivity index (χ0v) is 13.5. The molecule has 6 nitrogen and oxygen atoms in total. The van der Waals surface area contributed by atoms with Crippen LogP contribution in [0.25, 0.3) is 0 Å². The molecule has 8 heteroatoms. The van der Waals surface area contributed by atoms with Crippen LogP contribution in [0.15, 0.2) is 41.5 Å². The average Bonchev–Trinajstić information content (AvgIpc) is 3.05. The van der Waals surface area contributed by atoms with E-state index in [1.54, 1.807) is 43.7 Å². The topological polar surface area (TPSA) is 64.1 Å². The first kappa shape index (κ1) is 16.0. The van der Waals surface area contributed by atoms with Gasteiger partial charge in [0.2, 0.25) is 12.5 Å². The maximum Gasteiger partial charge on any atom is 0.231 e. The summed E-state index contributed by atoms with van der Waals surface area (Å²) in [4.78, 5) is 0. The molecule has 1 heterocycles. The number of anilines is 1. The number of halogens is 1. The van der Waals surface area contributed by atoms with E-state index in [0.717, 1.165) is 5.56 Å².